The summed E-state index contributed by atoms with van der Waals surface area (Å²) in [5.74, 6) is 2.23. The van der Waals surface area contributed by atoms with E-state index in [-0.39, 0.29) is 0 Å². The van der Waals surface area contributed by atoms with Gasteiger partial charge in [0, 0.05) is 10.4 Å². The minimum atomic E-state index is 0.711. The summed E-state index contributed by atoms with van der Waals surface area (Å²) in [4.78, 5) is 11.3. The van der Waals surface area contributed by atoms with Crippen molar-refractivity contribution in [1.29, 1.82) is 0 Å². The molecule has 2 heterocycles. The molecule has 0 aliphatic carbocycles. The van der Waals surface area contributed by atoms with Crippen LogP contribution in [0.1, 0.15) is 18.3 Å². The van der Waals surface area contributed by atoms with Gasteiger partial charge in [-0.05, 0) is 37.6 Å². The Balaban J connectivity index is 1.69. The maximum Gasteiger partial charge on any atom is 0.158 e. The maximum absolute atomic E-state index is 5.29. The van der Waals surface area contributed by atoms with Crippen LogP contribution in [0.3, 0.4) is 0 Å². The lowest BCUT2D eigenvalue weighted by Gasteiger charge is -2.06. The van der Waals surface area contributed by atoms with Crippen LogP contribution in [0.2, 0.25) is 0 Å². The van der Waals surface area contributed by atoms with E-state index in [9.17, 15) is 0 Å². The third-order valence-corrected chi connectivity index (χ3v) is 5.46. The van der Waals surface area contributed by atoms with E-state index in [0.717, 1.165) is 32.1 Å². The van der Waals surface area contributed by atoms with Gasteiger partial charge in [-0.3, -0.25) is 5.43 Å². The van der Waals surface area contributed by atoms with E-state index in [1.54, 1.807) is 18.4 Å². The number of anilines is 1. The number of methoxy groups -OCH3 is 1. The van der Waals surface area contributed by atoms with E-state index < -0.39 is 0 Å². The fourth-order valence-corrected chi connectivity index (χ4v) is 3.99. The Morgan fingerprint density at radius 2 is 1.86 bits per heavy atom. The van der Waals surface area contributed by atoms with Crippen LogP contribution in [0, 0.1) is 6.92 Å². The predicted molar refractivity (Wildman–Crippen MR) is 116 cm³/mol. The van der Waals surface area contributed by atoms with Crippen LogP contribution in [0.4, 0.5) is 5.82 Å². The van der Waals surface area contributed by atoms with Gasteiger partial charge in [0.2, 0.25) is 0 Å². The van der Waals surface area contributed by atoms with E-state index in [4.69, 9.17) is 4.74 Å². The number of hydrogen-bond donors (Lipinski definition) is 1. The quantitative estimate of drug-likeness (QED) is 0.362. The molecule has 0 aliphatic heterocycles. The average Bonchev–Trinajstić information content (AvgIpc) is 3.16. The Bertz CT molecular complexity index is 1150. The molecular formula is C22H20N4OS. The Morgan fingerprint density at radius 1 is 1.04 bits per heavy atom. The molecule has 6 heteroatoms. The highest BCUT2D eigenvalue weighted by atomic mass is 32.1. The molecule has 140 valence electrons. The summed E-state index contributed by atoms with van der Waals surface area (Å²) < 4.78 is 5.29. The average molecular weight is 388 g/mol. The van der Waals surface area contributed by atoms with Gasteiger partial charge in [0.05, 0.1) is 18.2 Å². The zero-order valence-corrected chi connectivity index (χ0v) is 16.7. The summed E-state index contributed by atoms with van der Waals surface area (Å²) in [5.41, 5.74) is 6.14. The summed E-state index contributed by atoms with van der Waals surface area (Å²) in [7, 11) is 1.66. The number of benzene rings is 2. The van der Waals surface area contributed by atoms with Crippen molar-refractivity contribution >= 4 is 33.1 Å². The van der Waals surface area contributed by atoms with Crippen molar-refractivity contribution in [3.8, 4) is 16.2 Å². The summed E-state index contributed by atoms with van der Waals surface area (Å²) in [5, 5.41) is 5.51. The second-order valence-electron chi connectivity index (χ2n) is 6.36. The van der Waals surface area contributed by atoms with Gasteiger partial charge in [0.25, 0.3) is 0 Å². The molecule has 0 spiro atoms. The van der Waals surface area contributed by atoms with Gasteiger partial charge in [-0.15, -0.1) is 11.3 Å². The minimum absolute atomic E-state index is 0.711. The number of aryl methyl sites for hydroxylation is 1. The first kappa shape index (κ1) is 18.1. The largest absolute Gasteiger partial charge is 0.497 e. The molecule has 2 aromatic carbocycles. The van der Waals surface area contributed by atoms with Crippen LogP contribution in [0.25, 0.3) is 20.7 Å². The first-order chi connectivity index (χ1) is 13.6. The molecule has 4 rings (SSSR count). The topological polar surface area (TPSA) is 59.4 Å². The SMILES string of the molecule is COc1cccc(/C(C)=N\Nc2nc(C)nc3sc(-c4ccccc4)cc23)c1. The van der Waals surface area contributed by atoms with Gasteiger partial charge < -0.3 is 4.74 Å². The van der Waals surface area contributed by atoms with Crippen molar-refractivity contribution in [2.45, 2.75) is 13.8 Å². The van der Waals surface area contributed by atoms with E-state index in [0.29, 0.717) is 11.6 Å². The van der Waals surface area contributed by atoms with E-state index in [1.807, 2.05) is 56.3 Å². The van der Waals surface area contributed by atoms with E-state index in [1.165, 1.54) is 5.56 Å². The van der Waals surface area contributed by atoms with Crippen molar-refractivity contribution in [3.63, 3.8) is 0 Å². The Morgan fingerprint density at radius 3 is 2.64 bits per heavy atom. The number of hydrogen-bond acceptors (Lipinski definition) is 6. The molecule has 1 N–H and O–H groups in total. The lowest BCUT2D eigenvalue weighted by atomic mass is 10.1. The van der Waals surface area contributed by atoms with Gasteiger partial charge in [-0.25, -0.2) is 9.97 Å². The smallest absolute Gasteiger partial charge is 0.158 e. The lowest BCUT2D eigenvalue weighted by molar-refractivity contribution is 0.414. The number of ether oxygens (including phenoxy) is 1. The highest BCUT2D eigenvalue weighted by molar-refractivity contribution is 7.21. The Labute approximate surface area is 167 Å². The van der Waals surface area contributed by atoms with Gasteiger partial charge in [0.1, 0.15) is 16.4 Å². The van der Waals surface area contributed by atoms with Crippen LogP contribution in [0.5, 0.6) is 5.75 Å². The summed E-state index contributed by atoms with van der Waals surface area (Å²) in [6.45, 7) is 3.85. The fraction of sp³-hybridized carbons (Fsp3) is 0.136. The molecule has 0 saturated heterocycles. The molecule has 0 atom stereocenters. The maximum atomic E-state index is 5.29. The summed E-state index contributed by atoms with van der Waals surface area (Å²) >= 11 is 1.66. The molecule has 0 unspecified atom stereocenters. The van der Waals surface area contributed by atoms with Crippen LogP contribution >= 0.6 is 11.3 Å². The zero-order valence-electron chi connectivity index (χ0n) is 15.9. The number of aromatic nitrogens is 2. The van der Waals surface area contributed by atoms with E-state index in [2.05, 4.69) is 38.7 Å². The Hall–Kier alpha value is -3.25. The van der Waals surface area contributed by atoms with Gasteiger partial charge >= 0.3 is 0 Å². The monoisotopic (exact) mass is 388 g/mol. The molecule has 0 fully saturated rings. The molecular weight excluding hydrogens is 368 g/mol. The number of fused-ring (bicyclic) bond motifs is 1. The highest BCUT2D eigenvalue weighted by Crippen LogP contribution is 2.35. The molecule has 0 saturated carbocycles. The fourth-order valence-electron chi connectivity index (χ4n) is 2.91. The summed E-state index contributed by atoms with van der Waals surface area (Å²) in [6.07, 6.45) is 0. The first-order valence-corrected chi connectivity index (χ1v) is 9.74. The number of nitrogens with one attached hydrogen (secondary N) is 1. The molecule has 2 aromatic heterocycles. The van der Waals surface area contributed by atoms with Gasteiger partial charge in [0.15, 0.2) is 5.82 Å². The van der Waals surface area contributed by atoms with Crippen molar-refractivity contribution in [2.24, 2.45) is 5.10 Å². The summed E-state index contributed by atoms with van der Waals surface area (Å²) in [6, 6.07) is 20.2. The molecule has 0 bridgehead atoms. The number of rotatable bonds is 5. The Kier molecular flexibility index (Phi) is 5.04. The molecule has 0 amide bonds. The highest BCUT2D eigenvalue weighted by Gasteiger charge is 2.11. The molecule has 4 aromatic rings. The molecule has 5 nitrogen and oxygen atoms in total. The second-order valence-corrected chi connectivity index (χ2v) is 7.39. The molecule has 0 aliphatic rings. The number of thiophene rings is 1. The minimum Gasteiger partial charge on any atom is -0.497 e. The van der Waals surface area contributed by atoms with Crippen LogP contribution in [-0.2, 0) is 0 Å². The molecule has 0 radical (unpaired) electrons. The van der Waals surface area contributed by atoms with Crippen molar-refractivity contribution in [1.82, 2.24) is 9.97 Å². The number of nitrogens with zero attached hydrogens (tertiary/aromatic N) is 3. The number of hydrazone groups is 1. The normalized spacial score (nSPS) is 11.6. The third kappa shape index (κ3) is 3.73. The third-order valence-electron chi connectivity index (χ3n) is 4.38. The van der Waals surface area contributed by atoms with E-state index >= 15 is 0 Å². The lowest BCUT2D eigenvalue weighted by Crippen LogP contribution is -2.02. The van der Waals surface area contributed by atoms with Crippen molar-refractivity contribution < 1.29 is 4.74 Å². The first-order valence-electron chi connectivity index (χ1n) is 8.92. The van der Waals surface area contributed by atoms with Crippen LogP contribution < -0.4 is 10.2 Å². The van der Waals surface area contributed by atoms with Crippen LogP contribution in [-0.4, -0.2) is 22.8 Å². The van der Waals surface area contributed by atoms with Gasteiger partial charge in [-0.2, -0.15) is 5.10 Å². The van der Waals surface area contributed by atoms with Crippen LogP contribution in [0.15, 0.2) is 65.8 Å². The second kappa shape index (κ2) is 7.78. The van der Waals surface area contributed by atoms with Crippen molar-refractivity contribution in [2.75, 3.05) is 12.5 Å². The molecule has 28 heavy (non-hydrogen) atoms. The predicted octanol–water partition coefficient (Wildman–Crippen LogP) is 5.51. The zero-order chi connectivity index (χ0) is 19.5. The van der Waals surface area contributed by atoms with Crippen molar-refractivity contribution in [3.05, 3.63) is 72.1 Å². The standard InChI is InChI=1S/C22H20N4OS/c1-14(17-10-7-11-18(12-17)27-3)25-26-21-19-13-20(16-8-5-4-6-9-16)28-22(19)24-15(2)23-21/h4-13H,1-3H3,(H,23,24,26)/b25-14-. The van der Waals surface area contributed by atoms with Gasteiger partial charge in [-0.1, -0.05) is 42.5 Å².